The Balaban J connectivity index is 1.74. The van der Waals surface area contributed by atoms with Crippen molar-refractivity contribution in [2.24, 2.45) is 0 Å². The number of ether oxygens (including phenoxy) is 2. The van der Waals surface area contributed by atoms with Gasteiger partial charge in [-0.05, 0) is 52.7 Å². The number of nitriles is 1. The molecule has 0 aliphatic carbocycles. The number of rotatable bonds is 5. The van der Waals surface area contributed by atoms with Crippen molar-refractivity contribution in [2.45, 2.75) is 64.4 Å². The van der Waals surface area contributed by atoms with Crippen LogP contribution in [-0.2, 0) is 9.47 Å². The number of para-hydroxylation sites is 1. The summed E-state index contributed by atoms with van der Waals surface area (Å²) < 4.78 is 20.3. The lowest BCUT2D eigenvalue weighted by molar-refractivity contribution is -0.0292. The maximum atomic E-state index is 13.9. The van der Waals surface area contributed by atoms with E-state index >= 15 is 0 Å². The molecule has 1 aromatic carbocycles. The minimum Gasteiger partial charge on any atom is -0.380 e. The Hall–Kier alpha value is -3.55. The van der Waals surface area contributed by atoms with E-state index in [4.69, 9.17) is 14.0 Å². The fourth-order valence-electron chi connectivity index (χ4n) is 4.60. The first-order valence-corrected chi connectivity index (χ1v) is 11.2. The van der Waals surface area contributed by atoms with Crippen LogP contribution in [0, 0.1) is 11.3 Å². The molecule has 3 aromatic heterocycles. The van der Waals surface area contributed by atoms with Crippen molar-refractivity contribution in [3.8, 4) is 17.6 Å². The summed E-state index contributed by atoms with van der Waals surface area (Å²) in [5.41, 5.74) is 1.64. The maximum absolute atomic E-state index is 13.9. The van der Waals surface area contributed by atoms with Gasteiger partial charge in [0.15, 0.2) is 0 Å². The zero-order chi connectivity index (χ0) is 24.2. The first kappa shape index (κ1) is 22.3. The van der Waals surface area contributed by atoms with Crippen molar-refractivity contribution in [2.75, 3.05) is 7.11 Å². The fourth-order valence-corrected chi connectivity index (χ4v) is 4.60. The second kappa shape index (κ2) is 8.04. The lowest BCUT2D eigenvalue weighted by atomic mass is 10.1. The monoisotopic (exact) mass is 462 g/mol. The second-order valence-electron chi connectivity index (χ2n) is 9.31. The molecule has 34 heavy (non-hydrogen) atoms. The van der Waals surface area contributed by atoms with Crippen molar-refractivity contribution >= 4 is 16.6 Å². The molecule has 5 rings (SSSR count). The van der Waals surface area contributed by atoms with Gasteiger partial charge < -0.3 is 14.0 Å². The van der Waals surface area contributed by atoms with Crippen LogP contribution in [0.4, 0.5) is 0 Å². The van der Waals surface area contributed by atoms with E-state index < -0.39 is 0 Å². The summed E-state index contributed by atoms with van der Waals surface area (Å²) in [7, 11) is 1.59. The molecule has 1 saturated heterocycles. The van der Waals surface area contributed by atoms with E-state index in [9.17, 15) is 10.1 Å². The van der Waals surface area contributed by atoms with Crippen LogP contribution in [0.2, 0.25) is 0 Å². The zero-order valence-electron chi connectivity index (χ0n) is 19.8. The summed E-state index contributed by atoms with van der Waals surface area (Å²) in [6.07, 6.45) is 2.65. The smallest absolute Gasteiger partial charge is 0.278 e. The number of methoxy groups -OCH3 is 1. The van der Waals surface area contributed by atoms with Crippen LogP contribution in [-0.4, -0.2) is 42.9 Å². The van der Waals surface area contributed by atoms with Crippen LogP contribution in [0.5, 0.6) is 0 Å². The molecule has 176 valence electrons. The predicted octanol–water partition coefficient (Wildman–Crippen LogP) is 3.80. The summed E-state index contributed by atoms with van der Waals surface area (Å²) in [5.74, 6) is 0.591. The second-order valence-corrected chi connectivity index (χ2v) is 9.31. The molecule has 4 heterocycles. The van der Waals surface area contributed by atoms with Crippen LogP contribution < -0.4 is 5.56 Å². The molecular weight excluding hydrogens is 436 g/mol. The molecular formula is C24H26N6O4. The summed E-state index contributed by atoms with van der Waals surface area (Å²) in [6.45, 7) is 7.83. The van der Waals surface area contributed by atoms with Crippen LogP contribution >= 0.6 is 0 Å². The number of nitrogens with zero attached hydrogens (tertiary/aromatic N) is 6. The molecule has 1 aliphatic rings. The summed E-state index contributed by atoms with van der Waals surface area (Å²) in [5, 5.41) is 13.9. The first-order valence-electron chi connectivity index (χ1n) is 11.2. The van der Waals surface area contributed by atoms with Gasteiger partial charge in [0.05, 0.1) is 34.3 Å². The highest BCUT2D eigenvalue weighted by molar-refractivity contribution is 5.87. The molecule has 3 unspecified atom stereocenters. The number of imidazole rings is 1. The van der Waals surface area contributed by atoms with Crippen molar-refractivity contribution in [1.29, 1.82) is 5.26 Å². The summed E-state index contributed by atoms with van der Waals surface area (Å²) in [4.78, 5) is 22.9. The minimum absolute atomic E-state index is 0.220. The Morgan fingerprint density at radius 3 is 2.76 bits per heavy atom. The fraction of sp³-hybridized carbons (Fsp3) is 0.458. The molecule has 4 aromatic rings. The normalized spacial score (nSPS) is 19.5. The van der Waals surface area contributed by atoms with Gasteiger partial charge in [0.1, 0.15) is 29.7 Å². The van der Waals surface area contributed by atoms with Gasteiger partial charge in [-0.15, -0.1) is 0 Å². The molecule has 0 bridgehead atoms. The number of hydrogen-bond acceptors (Lipinski definition) is 8. The number of hydrogen-bond donors (Lipinski definition) is 0. The van der Waals surface area contributed by atoms with E-state index in [1.165, 1.54) is 0 Å². The average molecular weight is 463 g/mol. The van der Waals surface area contributed by atoms with Gasteiger partial charge in [-0.1, -0.05) is 11.2 Å². The molecule has 0 amide bonds. The molecule has 1 fully saturated rings. The van der Waals surface area contributed by atoms with Gasteiger partial charge in [-0.3, -0.25) is 13.8 Å². The SMILES string of the molecule is COC(C)C(C)n1c(=O)c2c(-c3noc(C4CCC(C)(C)O4)n3)ncn2c2cccc(C#N)c21. The van der Waals surface area contributed by atoms with E-state index in [0.29, 0.717) is 33.7 Å². The van der Waals surface area contributed by atoms with E-state index in [0.717, 1.165) is 12.8 Å². The zero-order valence-corrected chi connectivity index (χ0v) is 19.8. The van der Waals surface area contributed by atoms with Crippen molar-refractivity contribution in [3.63, 3.8) is 0 Å². The first-order chi connectivity index (χ1) is 16.3. The molecule has 0 spiro atoms. The van der Waals surface area contributed by atoms with Crippen LogP contribution in [0.1, 0.15) is 64.1 Å². The highest BCUT2D eigenvalue weighted by Crippen LogP contribution is 2.38. The van der Waals surface area contributed by atoms with Gasteiger partial charge in [0.2, 0.25) is 5.82 Å². The standard InChI is InChI=1S/C24H26N6O4/c1-13(14(2)32-5)30-19-15(11-25)7-6-8-16(19)29-12-26-18(20(29)23(30)31)21-27-22(34-28-21)17-9-10-24(3,4)33-17/h6-8,12-14,17H,9-10H2,1-5H3. The van der Waals surface area contributed by atoms with Crippen molar-refractivity contribution in [3.05, 3.63) is 46.3 Å². The van der Waals surface area contributed by atoms with Gasteiger partial charge in [-0.2, -0.15) is 10.2 Å². The number of aromatic nitrogens is 5. The maximum Gasteiger partial charge on any atom is 0.278 e. The van der Waals surface area contributed by atoms with E-state index in [-0.39, 0.29) is 35.2 Å². The Labute approximate surface area is 195 Å². The third-order valence-corrected chi connectivity index (χ3v) is 6.68. The molecule has 1 aliphatic heterocycles. The van der Waals surface area contributed by atoms with Gasteiger partial charge in [-0.25, -0.2) is 4.98 Å². The largest absolute Gasteiger partial charge is 0.380 e. The molecule has 3 atom stereocenters. The van der Waals surface area contributed by atoms with E-state index in [1.807, 2.05) is 33.8 Å². The third kappa shape index (κ3) is 3.40. The summed E-state index contributed by atoms with van der Waals surface area (Å²) >= 11 is 0. The topological polar surface area (TPSA) is 120 Å². The van der Waals surface area contributed by atoms with Crippen LogP contribution in [0.15, 0.2) is 33.8 Å². The minimum atomic E-state index is -0.350. The number of benzene rings is 1. The van der Waals surface area contributed by atoms with E-state index in [2.05, 4.69) is 21.2 Å². The lowest BCUT2D eigenvalue weighted by Gasteiger charge is -2.24. The molecule has 10 nitrogen and oxygen atoms in total. The Morgan fingerprint density at radius 2 is 2.09 bits per heavy atom. The summed E-state index contributed by atoms with van der Waals surface area (Å²) in [6, 6.07) is 7.19. The van der Waals surface area contributed by atoms with Crippen molar-refractivity contribution in [1.82, 2.24) is 24.1 Å². The molecule has 10 heteroatoms. The highest BCUT2D eigenvalue weighted by atomic mass is 16.5. The predicted molar refractivity (Wildman–Crippen MR) is 123 cm³/mol. The van der Waals surface area contributed by atoms with Gasteiger partial charge in [0.25, 0.3) is 11.4 Å². The third-order valence-electron chi connectivity index (χ3n) is 6.68. The Morgan fingerprint density at radius 1 is 1.29 bits per heavy atom. The van der Waals surface area contributed by atoms with Crippen LogP contribution in [0.3, 0.4) is 0 Å². The van der Waals surface area contributed by atoms with Crippen LogP contribution in [0.25, 0.3) is 28.1 Å². The van der Waals surface area contributed by atoms with E-state index in [1.54, 1.807) is 34.5 Å². The average Bonchev–Trinajstić information content (AvgIpc) is 3.55. The highest BCUT2D eigenvalue weighted by Gasteiger charge is 2.36. The van der Waals surface area contributed by atoms with Crippen molar-refractivity contribution < 1.29 is 14.0 Å². The van der Waals surface area contributed by atoms with Gasteiger partial charge in [0, 0.05) is 7.11 Å². The molecule has 0 N–H and O–H groups in total. The molecule has 0 radical (unpaired) electrons. The Bertz CT molecular complexity index is 1490. The number of fused-ring (bicyclic) bond motifs is 3. The Kier molecular flexibility index (Phi) is 5.26. The lowest BCUT2D eigenvalue weighted by Crippen LogP contribution is -2.32. The molecule has 0 saturated carbocycles. The van der Waals surface area contributed by atoms with Gasteiger partial charge >= 0.3 is 0 Å². The quantitative estimate of drug-likeness (QED) is 0.439.